The average molecular weight is 429 g/mol. The summed E-state index contributed by atoms with van der Waals surface area (Å²) < 4.78 is 0. The highest BCUT2D eigenvalue weighted by Gasteiger charge is 2.34. The van der Waals surface area contributed by atoms with E-state index >= 15 is 0 Å². The third-order valence-corrected chi connectivity index (χ3v) is 7.53. The van der Waals surface area contributed by atoms with Gasteiger partial charge in [0.2, 0.25) is 0 Å². The van der Waals surface area contributed by atoms with Crippen molar-refractivity contribution in [1.82, 2.24) is 0 Å². The summed E-state index contributed by atoms with van der Waals surface area (Å²) in [6.07, 6.45) is 7.48. The molecule has 0 amide bonds. The first-order valence-electron chi connectivity index (χ1n) is 11.7. The Kier molecular flexibility index (Phi) is 9.54. The Balaban J connectivity index is 1.90. The fourth-order valence-electron chi connectivity index (χ4n) is 4.81. The molecule has 0 bridgehead atoms. The van der Waals surface area contributed by atoms with Crippen molar-refractivity contribution < 1.29 is 14.7 Å². The minimum Gasteiger partial charge on any atom is -0.481 e. The molecule has 3 nitrogen and oxygen atoms in total. The van der Waals surface area contributed by atoms with E-state index in [9.17, 15) is 14.7 Å². The van der Waals surface area contributed by atoms with Gasteiger partial charge >= 0.3 is 5.97 Å². The van der Waals surface area contributed by atoms with Crippen LogP contribution in [0.25, 0.3) is 0 Å². The van der Waals surface area contributed by atoms with Gasteiger partial charge in [0.1, 0.15) is 5.78 Å². The number of allylic oxidation sites excluding steroid dienone is 1. The number of benzene rings is 1. The summed E-state index contributed by atoms with van der Waals surface area (Å²) in [5, 5.41) is 9.38. The molecule has 1 N–H and O–H groups in total. The standard InChI is InChI=1S/C26H40O3Si/c1-20-14-15-22(18-26(28)29)25(19-30(2,3)4)24(20)17-16-23(27)13-9-8-12-21-10-6-5-7-11-21/h5-7,10-11,19-20,22,24H,8-9,12-18H2,1-4H3,(H,28,29)/b25-19-/t20-,22+,24+/m1/s1. The van der Waals surface area contributed by atoms with E-state index in [1.165, 1.54) is 11.1 Å². The van der Waals surface area contributed by atoms with Gasteiger partial charge in [-0.25, -0.2) is 0 Å². The number of unbranched alkanes of at least 4 members (excludes halogenated alkanes) is 1. The molecule has 1 fully saturated rings. The van der Waals surface area contributed by atoms with Crippen LogP contribution < -0.4 is 0 Å². The van der Waals surface area contributed by atoms with Crippen LogP contribution in [-0.2, 0) is 16.0 Å². The zero-order valence-electron chi connectivity index (χ0n) is 19.3. The molecular formula is C26H40O3Si. The van der Waals surface area contributed by atoms with Gasteiger partial charge in [-0.05, 0) is 61.8 Å². The van der Waals surface area contributed by atoms with E-state index in [4.69, 9.17) is 0 Å². The Morgan fingerprint density at radius 1 is 1.07 bits per heavy atom. The number of aliphatic carboxylic acids is 1. The first kappa shape index (κ1) is 24.6. The lowest BCUT2D eigenvalue weighted by Gasteiger charge is -2.38. The van der Waals surface area contributed by atoms with E-state index in [-0.39, 0.29) is 12.3 Å². The summed E-state index contributed by atoms with van der Waals surface area (Å²) in [5.74, 6) is 0.704. The van der Waals surface area contributed by atoms with Crippen molar-refractivity contribution in [2.45, 2.75) is 84.4 Å². The van der Waals surface area contributed by atoms with E-state index in [2.05, 4.69) is 56.5 Å². The molecule has 1 aliphatic rings. The largest absolute Gasteiger partial charge is 0.481 e. The second kappa shape index (κ2) is 11.6. The number of rotatable bonds is 11. The number of hydrogen-bond acceptors (Lipinski definition) is 2. The number of aryl methyl sites for hydroxylation is 1. The molecule has 2 rings (SSSR count). The van der Waals surface area contributed by atoms with E-state index in [1.54, 1.807) is 0 Å². The molecule has 0 aromatic heterocycles. The quantitative estimate of drug-likeness (QED) is 0.315. The fraction of sp³-hybridized carbons (Fsp3) is 0.615. The van der Waals surface area contributed by atoms with Crippen molar-refractivity contribution in [1.29, 1.82) is 0 Å². The monoisotopic (exact) mass is 428 g/mol. The van der Waals surface area contributed by atoms with E-state index < -0.39 is 14.0 Å². The summed E-state index contributed by atoms with van der Waals surface area (Å²) in [7, 11) is -1.46. The number of carboxylic acid groups (broad SMARTS) is 1. The minimum absolute atomic E-state index is 0.149. The van der Waals surface area contributed by atoms with Crippen molar-refractivity contribution in [2.75, 3.05) is 0 Å². The molecule has 30 heavy (non-hydrogen) atoms. The molecule has 0 radical (unpaired) electrons. The van der Waals surface area contributed by atoms with Crippen LogP contribution in [0.1, 0.15) is 63.9 Å². The van der Waals surface area contributed by atoms with Crippen LogP contribution in [0.3, 0.4) is 0 Å². The number of carboxylic acids is 1. The SMILES string of the molecule is C[C@@H]1CC[C@@H](CC(=O)O)/C(=C/[Si](C)(C)C)[C@H]1CCC(=O)CCCCc1ccccc1. The topological polar surface area (TPSA) is 54.4 Å². The Morgan fingerprint density at radius 3 is 2.40 bits per heavy atom. The second-order valence-corrected chi connectivity index (χ2v) is 15.3. The Hall–Kier alpha value is -1.68. The Labute approximate surface area is 184 Å². The summed E-state index contributed by atoms with van der Waals surface area (Å²) in [4.78, 5) is 24.0. The van der Waals surface area contributed by atoms with Gasteiger partial charge in [0.25, 0.3) is 0 Å². The lowest BCUT2D eigenvalue weighted by atomic mass is 9.69. The molecule has 0 spiro atoms. The van der Waals surface area contributed by atoms with Crippen LogP contribution in [-0.4, -0.2) is 24.9 Å². The summed E-state index contributed by atoms with van der Waals surface area (Å²) in [6, 6.07) is 10.5. The van der Waals surface area contributed by atoms with Crippen molar-refractivity contribution in [2.24, 2.45) is 17.8 Å². The van der Waals surface area contributed by atoms with Gasteiger partial charge in [0.15, 0.2) is 0 Å². The lowest BCUT2D eigenvalue weighted by Crippen LogP contribution is -2.31. The molecule has 0 saturated heterocycles. The molecule has 1 aromatic rings. The van der Waals surface area contributed by atoms with Crippen LogP contribution in [0, 0.1) is 17.8 Å². The molecular weight excluding hydrogens is 388 g/mol. The van der Waals surface area contributed by atoms with Gasteiger partial charge < -0.3 is 5.11 Å². The molecule has 0 aliphatic heterocycles. The van der Waals surface area contributed by atoms with E-state index in [0.717, 1.165) is 38.5 Å². The minimum atomic E-state index is -1.46. The average Bonchev–Trinajstić information content (AvgIpc) is 2.66. The number of ketones is 1. The van der Waals surface area contributed by atoms with Gasteiger partial charge in [0.05, 0.1) is 14.5 Å². The van der Waals surface area contributed by atoms with Gasteiger partial charge in [0, 0.05) is 12.8 Å². The number of carbonyl (C=O) groups excluding carboxylic acids is 1. The molecule has 166 valence electrons. The van der Waals surface area contributed by atoms with Gasteiger partial charge in [-0.1, -0.05) is 68.2 Å². The van der Waals surface area contributed by atoms with Crippen molar-refractivity contribution in [3.63, 3.8) is 0 Å². The fourth-order valence-corrected chi connectivity index (χ4v) is 6.26. The van der Waals surface area contributed by atoms with Crippen molar-refractivity contribution in [3.8, 4) is 0 Å². The van der Waals surface area contributed by atoms with Crippen LogP contribution in [0.4, 0.5) is 0 Å². The van der Waals surface area contributed by atoms with E-state index in [1.807, 2.05) is 6.07 Å². The number of Topliss-reactive ketones (excluding diaryl/α,β-unsaturated/α-hetero) is 1. The predicted molar refractivity (Wildman–Crippen MR) is 127 cm³/mol. The molecule has 1 saturated carbocycles. The number of carbonyl (C=O) groups is 2. The Morgan fingerprint density at radius 2 is 1.77 bits per heavy atom. The van der Waals surface area contributed by atoms with Crippen molar-refractivity contribution >= 4 is 19.8 Å². The Bertz CT molecular complexity index is 718. The second-order valence-electron chi connectivity index (χ2n) is 10.2. The van der Waals surface area contributed by atoms with Gasteiger partial charge in [-0.15, -0.1) is 0 Å². The molecule has 0 heterocycles. The zero-order valence-corrected chi connectivity index (χ0v) is 20.3. The smallest absolute Gasteiger partial charge is 0.303 e. The first-order chi connectivity index (χ1) is 14.2. The summed E-state index contributed by atoms with van der Waals surface area (Å²) in [6.45, 7) is 9.22. The molecule has 1 aliphatic carbocycles. The van der Waals surface area contributed by atoms with Crippen LogP contribution >= 0.6 is 0 Å². The van der Waals surface area contributed by atoms with Crippen LogP contribution in [0.2, 0.25) is 19.6 Å². The summed E-state index contributed by atoms with van der Waals surface area (Å²) >= 11 is 0. The maximum Gasteiger partial charge on any atom is 0.303 e. The maximum absolute atomic E-state index is 12.6. The highest BCUT2D eigenvalue weighted by atomic mass is 28.3. The van der Waals surface area contributed by atoms with Gasteiger partial charge in [-0.2, -0.15) is 0 Å². The maximum atomic E-state index is 12.6. The summed E-state index contributed by atoms with van der Waals surface area (Å²) in [5.41, 5.74) is 5.13. The lowest BCUT2D eigenvalue weighted by molar-refractivity contribution is -0.138. The van der Waals surface area contributed by atoms with Gasteiger partial charge in [-0.3, -0.25) is 9.59 Å². The van der Waals surface area contributed by atoms with Crippen LogP contribution in [0.5, 0.6) is 0 Å². The molecule has 4 heteroatoms. The predicted octanol–water partition coefficient (Wildman–Crippen LogP) is 6.69. The molecule has 3 atom stereocenters. The highest BCUT2D eigenvalue weighted by molar-refractivity contribution is 6.81. The first-order valence-corrected chi connectivity index (χ1v) is 15.2. The molecule has 1 aromatic carbocycles. The van der Waals surface area contributed by atoms with E-state index in [0.29, 0.717) is 30.5 Å². The number of hydrogen-bond donors (Lipinski definition) is 1. The third-order valence-electron chi connectivity index (χ3n) is 6.33. The normalized spacial score (nSPS) is 23.5. The third kappa shape index (κ3) is 8.59. The molecule has 0 unspecified atom stereocenters. The van der Waals surface area contributed by atoms with Crippen molar-refractivity contribution in [3.05, 3.63) is 47.2 Å². The van der Waals surface area contributed by atoms with Crippen LogP contribution in [0.15, 0.2) is 41.6 Å². The zero-order chi connectivity index (χ0) is 22.1. The highest BCUT2D eigenvalue weighted by Crippen LogP contribution is 2.43.